The molecule has 1 aliphatic heterocycles. The van der Waals surface area contributed by atoms with Gasteiger partial charge in [-0.3, -0.25) is 0 Å². The number of para-hydroxylation sites is 1. The Labute approximate surface area is 218 Å². The minimum atomic E-state index is -4.50. The Balaban J connectivity index is 1.84. The first-order valence-corrected chi connectivity index (χ1v) is 12.9. The molecule has 3 aromatic carbocycles. The molecule has 33 heavy (non-hydrogen) atoms. The lowest BCUT2D eigenvalue weighted by Crippen LogP contribution is -2.30. The molecule has 0 spiro atoms. The minimum absolute atomic E-state index is 0.0128. The second kappa shape index (κ2) is 9.63. The third-order valence-electron chi connectivity index (χ3n) is 4.48. The van der Waals surface area contributed by atoms with E-state index >= 15 is 0 Å². The van der Waals surface area contributed by atoms with Crippen molar-refractivity contribution in [2.45, 2.75) is 6.42 Å². The van der Waals surface area contributed by atoms with E-state index in [9.17, 15) is 9.36 Å². The van der Waals surface area contributed by atoms with Crippen molar-refractivity contribution in [3.8, 4) is 11.5 Å². The smallest absolute Gasteiger partial charge is 0.398 e. The summed E-state index contributed by atoms with van der Waals surface area (Å²) in [5.74, 6) is -0.209. The summed E-state index contributed by atoms with van der Waals surface area (Å²) >= 11 is 37.8. The molecule has 0 radical (unpaired) electrons. The van der Waals surface area contributed by atoms with E-state index in [1.54, 1.807) is 30.3 Å². The molecule has 0 aromatic heterocycles. The number of hydrogen-bond donors (Lipinski definition) is 2. The monoisotopic (exact) mass is 584 g/mol. The van der Waals surface area contributed by atoms with Gasteiger partial charge in [0.2, 0.25) is 0 Å². The van der Waals surface area contributed by atoms with Gasteiger partial charge in [0.1, 0.15) is 0 Å². The van der Waals surface area contributed by atoms with Gasteiger partial charge in [-0.25, -0.2) is 14.4 Å². The van der Waals surface area contributed by atoms with Crippen LogP contribution in [0.15, 0.2) is 42.5 Å². The number of halogens is 6. The van der Waals surface area contributed by atoms with Crippen LogP contribution in [-0.4, -0.2) is 6.03 Å². The Morgan fingerprint density at radius 2 is 1.27 bits per heavy atom. The highest BCUT2D eigenvalue weighted by Crippen LogP contribution is 2.56. The van der Waals surface area contributed by atoms with Gasteiger partial charge in [-0.15, -0.1) is 0 Å². The third kappa shape index (κ3) is 5.13. The number of fused-ring (bicyclic) bond motifs is 2. The molecule has 0 unspecified atom stereocenters. The van der Waals surface area contributed by atoms with Crippen LogP contribution < -0.4 is 19.5 Å². The Morgan fingerprint density at radius 1 is 0.788 bits per heavy atom. The van der Waals surface area contributed by atoms with Crippen LogP contribution in [0.25, 0.3) is 0 Å². The van der Waals surface area contributed by atoms with Crippen molar-refractivity contribution in [3.05, 3.63) is 83.7 Å². The number of carbonyl (C=O) groups excluding carboxylic acids is 1. The summed E-state index contributed by atoms with van der Waals surface area (Å²) in [5.41, 5.74) is 0.948. The Morgan fingerprint density at radius 3 is 1.76 bits per heavy atom. The molecular formula is C20H11Cl6N2O4P. The molecule has 2 N–H and O–H groups in total. The highest BCUT2D eigenvalue weighted by atomic mass is 35.5. The van der Waals surface area contributed by atoms with E-state index in [2.05, 4.69) is 10.4 Å². The summed E-state index contributed by atoms with van der Waals surface area (Å²) in [4.78, 5) is 12.6. The second-order valence-electron chi connectivity index (χ2n) is 6.71. The van der Waals surface area contributed by atoms with Gasteiger partial charge in [0.25, 0.3) is 0 Å². The summed E-state index contributed by atoms with van der Waals surface area (Å²) < 4.78 is 25.0. The van der Waals surface area contributed by atoms with E-state index < -0.39 is 13.8 Å². The number of amides is 2. The van der Waals surface area contributed by atoms with Crippen molar-refractivity contribution in [2.75, 3.05) is 5.32 Å². The maximum absolute atomic E-state index is 13.7. The normalized spacial score (nSPS) is 14.0. The fraction of sp³-hybridized carbons (Fsp3) is 0.0500. The van der Waals surface area contributed by atoms with Gasteiger partial charge in [0.05, 0.1) is 30.1 Å². The Bertz CT molecular complexity index is 1250. The lowest BCUT2D eigenvalue weighted by Gasteiger charge is -2.27. The molecule has 13 heteroatoms. The van der Waals surface area contributed by atoms with Crippen LogP contribution in [0.5, 0.6) is 11.5 Å². The molecule has 0 fully saturated rings. The molecule has 0 saturated carbocycles. The van der Waals surface area contributed by atoms with E-state index in [0.29, 0.717) is 5.69 Å². The minimum Gasteiger partial charge on any atom is -0.398 e. The van der Waals surface area contributed by atoms with Crippen molar-refractivity contribution in [3.63, 3.8) is 0 Å². The van der Waals surface area contributed by atoms with Gasteiger partial charge >= 0.3 is 13.8 Å². The predicted octanol–water partition coefficient (Wildman–Crippen LogP) is 8.90. The molecule has 4 rings (SSSR count). The highest BCUT2D eigenvalue weighted by molar-refractivity contribution is 7.53. The zero-order chi connectivity index (χ0) is 23.9. The standard InChI is InChI=1S/C20H11Cl6N2O4P/c21-12-7-14(23)18-10(16(12)25)6-11-17(26)13(22)8-15(24)19(11)32-33(30,31-18)28-20(29)27-9-4-2-1-3-5-9/h1-5,7-8H,6H2,(H2,27,28,29,30). The van der Waals surface area contributed by atoms with Crippen LogP contribution in [0.3, 0.4) is 0 Å². The fourth-order valence-corrected chi connectivity index (χ4v) is 5.99. The van der Waals surface area contributed by atoms with Crippen molar-refractivity contribution in [1.82, 2.24) is 5.09 Å². The van der Waals surface area contributed by atoms with Crippen LogP contribution in [0, 0.1) is 0 Å². The maximum Gasteiger partial charge on any atom is 0.545 e. The maximum atomic E-state index is 13.7. The zero-order valence-electron chi connectivity index (χ0n) is 16.1. The number of carbonyl (C=O) groups is 1. The van der Waals surface area contributed by atoms with Crippen LogP contribution in [-0.2, 0) is 11.0 Å². The third-order valence-corrected chi connectivity index (χ3v) is 8.02. The largest absolute Gasteiger partial charge is 0.545 e. The van der Waals surface area contributed by atoms with Gasteiger partial charge in [-0.2, -0.15) is 0 Å². The average Bonchev–Trinajstić information content (AvgIpc) is 2.74. The zero-order valence-corrected chi connectivity index (χ0v) is 21.5. The van der Waals surface area contributed by atoms with E-state index in [1.807, 2.05) is 0 Å². The molecule has 3 aromatic rings. The molecule has 1 heterocycles. The number of rotatable bonds is 2. The van der Waals surface area contributed by atoms with Gasteiger partial charge < -0.3 is 14.4 Å². The van der Waals surface area contributed by atoms with E-state index in [0.717, 1.165) is 0 Å². The SMILES string of the molecule is O=C(Nc1ccccc1)NP1(=O)Oc2c(Cl)cc(Cl)c(Cl)c2Cc2c(Cl)c(Cl)cc(Cl)c2O1. The first kappa shape index (κ1) is 24.6. The summed E-state index contributed by atoms with van der Waals surface area (Å²) in [6, 6.07) is 10.2. The number of nitrogens with one attached hydrogen (secondary N) is 2. The number of benzene rings is 3. The Kier molecular flexibility index (Phi) is 7.18. The van der Waals surface area contributed by atoms with Crippen molar-refractivity contribution in [1.29, 1.82) is 0 Å². The second-order valence-corrected chi connectivity index (χ2v) is 10.7. The summed E-state index contributed by atoms with van der Waals surface area (Å²) in [6.07, 6.45) is -0.0148. The quantitative estimate of drug-likeness (QED) is 0.232. The molecule has 0 saturated heterocycles. The van der Waals surface area contributed by atoms with Gasteiger partial charge in [0.15, 0.2) is 11.5 Å². The van der Waals surface area contributed by atoms with Crippen molar-refractivity contribution < 1.29 is 18.4 Å². The van der Waals surface area contributed by atoms with Gasteiger partial charge in [0, 0.05) is 23.2 Å². The van der Waals surface area contributed by atoms with Crippen molar-refractivity contribution >= 4 is 89.1 Å². The van der Waals surface area contributed by atoms with E-state index in [-0.39, 0.29) is 59.2 Å². The fourth-order valence-electron chi connectivity index (χ4n) is 3.06. The van der Waals surface area contributed by atoms with E-state index in [1.165, 1.54) is 12.1 Å². The Hall–Kier alpha value is -1.50. The molecule has 1 aliphatic rings. The number of urea groups is 1. The summed E-state index contributed by atoms with van der Waals surface area (Å²) in [5, 5.41) is 5.12. The van der Waals surface area contributed by atoms with E-state index in [4.69, 9.17) is 78.7 Å². The highest BCUT2D eigenvalue weighted by Gasteiger charge is 2.38. The van der Waals surface area contributed by atoms with Crippen LogP contribution in [0.1, 0.15) is 11.1 Å². The first-order valence-electron chi connectivity index (χ1n) is 9.04. The molecule has 6 nitrogen and oxygen atoms in total. The number of hydrogen-bond acceptors (Lipinski definition) is 4. The van der Waals surface area contributed by atoms with Crippen LogP contribution >= 0.6 is 77.4 Å². The molecule has 2 amide bonds. The summed E-state index contributed by atoms with van der Waals surface area (Å²) in [6.45, 7) is 0. The number of anilines is 1. The summed E-state index contributed by atoms with van der Waals surface area (Å²) in [7, 11) is -4.50. The van der Waals surface area contributed by atoms with Crippen molar-refractivity contribution in [2.24, 2.45) is 0 Å². The molecular weight excluding hydrogens is 576 g/mol. The van der Waals surface area contributed by atoms with Gasteiger partial charge in [-0.1, -0.05) is 87.8 Å². The average molecular weight is 587 g/mol. The lowest BCUT2D eigenvalue weighted by atomic mass is 10.0. The first-order chi connectivity index (χ1) is 15.6. The molecule has 172 valence electrons. The van der Waals surface area contributed by atoms with Crippen LogP contribution in [0.2, 0.25) is 30.1 Å². The molecule has 0 atom stereocenters. The lowest BCUT2D eigenvalue weighted by molar-refractivity contribution is 0.253. The molecule has 0 aliphatic carbocycles. The van der Waals surface area contributed by atoms with Crippen LogP contribution in [0.4, 0.5) is 10.5 Å². The van der Waals surface area contributed by atoms with Gasteiger partial charge in [-0.05, 0) is 24.3 Å². The topological polar surface area (TPSA) is 76.7 Å². The molecule has 0 bridgehead atoms. The predicted molar refractivity (Wildman–Crippen MR) is 133 cm³/mol.